The number of rotatable bonds is 3. The second kappa shape index (κ2) is 6.12. The molecule has 3 aromatic rings. The number of hydrogen-bond donors (Lipinski definition) is 1. The summed E-state index contributed by atoms with van der Waals surface area (Å²) < 4.78 is 20.7. The van der Waals surface area contributed by atoms with E-state index < -0.39 is 5.67 Å². The highest BCUT2D eigenvalue weighted by Gasteiger charge is 2.44. The SMILES string of the molecule is O=C(c1ccn[nH]1)N1CCCC(F)(c2nc(-c3ccccc3)no2)C1. The molecule has 1 saturated heterocycles. The molecule has 1 atom stereocenters. The Morgan fingerprint density at radius 3 is 2.88 bits per heavy atom. The molecule has 1 N–H and O–H groups in total. The van der Waals surface area contributed by atoms with Gasteiger partial charge < -0.3 is 9.42 Å². The van der Waals surface area contributed by atoms with Gasteiger partial charge in [-0.05, 0) is 18.9 Å². The molecule has 4 rings (SSSR count). The van der Waals surface area contributed by atoms with Gasteiger partial charge in [-0.2, -0.15) is 10.1 Å². The van der Waals surface area contributed by atoms with Crippen LogP contribution in [0.3, 0.4) is 0 Å². The molecule has 1 aliphatic heterocycles. The van der Waals surface area contributed by atoms with Gasteiger partial charge in [-0.1, -0.05) is 35.5 Å². The molecule has 128 valence electrons. The number of alkyl halides is 1. The Balaban J connectivity index is 1.57. The highest BCUT2D eigenvalue weighted by atomic mass is 19.1. The second-order valence-corrected chi connectivity index (χ2v) is 6.06. The van der Waals surface area contributed by atoms with E-state index in [-0.39, 0.29) is 24.8 Å². The van der Waals surface area contributed by atoms with Gasteiger partial charge >= 0.3 is 0 Å². The van der Waals surface area contributed by atoms with E-state index in [1.807, 2.05) is 30.3 Å². The standard InChI is InChI=1S/C17H16FN5O2/c18-17(16-20-14(22-25-16)12-5-2-1-3-6-12)8-4-10-23(11-17)15(24)13-7-9-19-21-13/h1-3,5-7,9H,4,8,10-11H2,(H,19,21). The Labute approximate surface area is 142 Å². The number of H-pyrrole nitrogens is 1. The minimum Gasteiger partial charge on any atom is -0.335 e. The number of nitrogens with one attached hydrogen (secondary N) is 1. The van der Waals surface area contributed by atoms with Gasteiger partial charge in [-0.15, -0.1) is 0 Å². The Morgan fingerprint density at radius 1 is 1.28 bits per heavy atom. The maximum Gasteiger partial charge on any atom is 0.271 e. The number of carbonyl (C=O) groups excluding carboxylic acids is 1. The molecule has 25 heavy (non-hydrogen) atoms. The molecular formula is C17H16FN5O2. The van der Waals surface area contributed by atoms with E-state index in [0.29, 0.717) is 24.5 Å². The molecule has 1 fully saturated rings. The molecule has 0 radical (unpaired) electrons. The fraction of sp³-hybridized carbons (Fsp3) is 0.294. The molecule has 1 amide bonds. The van der Waals surface area contributed by atoms with Crippen molar-refractivity contribution >= 4 is 5.91 Å². The van der Waals surface area contributed by atoms with E-state index in [2.05, 4.69) is 20.3 Å². The zero-order chi connectivity index (χ0) is 17.3. The third kappa shape index (κ3) is 2.90. The molecule has 7 nitrogen and oxygen atoms in total. The quantitative estimate of drug-likeness (QED) is 0.791. The molecule has 0 aliphatic carbocycles. The molecule has 1 unspecified atom stereocenters. The van der Waals surface area contributed by atoms with Crippen LogP contribution in [0.25, 0.3) is 11.4 Å². The number of piperidine rings is 1. The fourth-order valence-corrected chi connectivity index (χ4v) is 3.01. The number of benzene rings is 1. The highest BCUT2D eigenvalue weighted by molar-refractivity contribution is 5.92. The van der Waals surface area contributed by atoms with Crippen LogP contribution < -0.4 is 0 Å². The molecule has 3 heterocycles. The van der Waals surface area contributed by atoms with Gasteiger partial charge in [0.15, 0.2) is 0 Å². The lowest BCUT2D eigenvalue weighted by Gasteiger charge is -2.34. The summed E-state index contributed by atoms with van der Waals surface area (Å²) >= 11 is 0. The minimum absolute atomic E-state index is 0.0894. The van der Waals surface area contributed by atoms with Crippen molar-refractivity contribution in [1.82, 2.24) is 25.2 Å². The maximum atomic E-state index is 15.5. The first-order chi connectivity index (χ1) is 12.2. The summed E-state index contributed by atoms with van der Waals surface area (Å²) in [5.74, 6) is -0.0415. The van der Waals surface area contributed by atoms with Crippen molar-refractivity contribution in [1.29, 1.82) is 0 Å². The van der Waals surface area contributed by atoms with Crippen LogP contribution in [0, 0.1) is 0 Å². The predicted octanol–water partition coefficient (Wildman–Crippen LogP) is 2.56. The van der Waals surface area contributed by atoms with Crippen molar-refractivity contribution in [3.05, 3.63) is 54.2 Å². The molecule has 2 aromatic heterocycles. The summed E-state index contributed by atoms with van der Waals surface area (Å²) in [7, 11) is 0. The smallest absolute Gasteiger partial charge is 0.271 e. The summed E-state index contributed by atoms with van der Waals surface area (Å²) in [6.07, 6.45) is 2.24. The molecule has 1 aliphatic rings. The Bertz CT molecular complexity index is 864. The van der Waals surface area contributed by atoms with Crippen LogP contribution in [0.1, 0.15) is 29.2 Å². The van der Waals surface area contributed by atoms with Crippen molar-refractivity contribution < 1.29 is 13.7 Å². The molecule has 1 aromatic carbocycles. The van der Waals surface area contributed by atoms with Gasteiger partial charge in [-0.25, -0.2) is 4.39 Å². The van der Waals surface area contributed by atoms with Crippen LogP contribution in [0.15, 0.2) is 47.1 Å². The van der Waals surface area contributed by atoms with Crippen molar-refractivity contribution in [2.45, 2.75) is 18.5 Å². The zero-order valence-electron chi connectivity index (χ0n) is 13.4. The Morgan fingerprint density at radius 2 is 2.12 bits per heavy atom. The second-order valence-electron chi connectivity index (χ2n) is 6.06. The Hall–Kier alpha value is -3.03. The summed E-state index contributed by atoms with van der Waals surface area (Å²) in [4.78, 5) is 18.1. The number of hydrogen-bond acceptors (Lipinski definition) is 5. The first kappa shape index (κ1) is 15.5. The number of aromatic nitrogens is 4. The van der Waals surface area contributed by atoms with Crippen LogP contribution in [-0.2, 0) is 5.67 Å². The summed E-state index contributed by atoms with van der Waals surface area (Å²) in [6, 6.07) is 10.8. The minimum atomic E-state index is -1.85. The lowest BCUT2D eigenvalue weighted by Crippen LogP contribution is -2.46. The summed E-state index contributed by atoms with van der Waals surface area (Å²) in [5.41, 5.74) is -0.768. The molecule has 0 bridgehead atoms. The van der Waals surface area contributed by atoms with Crippen LogP contribution >= 0.6 is 0 Å². The lowest BCUT2D eigenvalue weighted by molar-refractivity contribution is 0.0149. The first-order valence-corrected chi connectivity index (χ1v) is 8.03. The topological polar surface area (TPSA) is 87.9 Å². The predicted molar refractivity (Wildman–Crippen MR) is 86.2 cm³/mol. The van der Waals surface area contributed by atoms with Gasteiger partial charge in [0.25, 0.3) is 11.8 Å². The number of halogens is 1. The monoisotopic (exact) mass is 341 g/mol. The number of aromatic amines is 1. The van der Waals surface area contributed by atoms with Crippen molar-refractivity contribution in [3.8, 4) is 11.4 Å². The van der Waals surface area contributed by atoms with E-state index in [1.165, 1.54) is 11.1 Å². The average molecular weight is 341 g/mol. The van der Waals surface area contributed by atoms with Crippen molar-refractivity contribution in [2.24, 2.45) is 0 Å². The van der Waals surface area contributed by atoms with Gasteiger partial charge in [0.05, 0.1) is 6.54 Å². The van der Waals surface area contributed by atoms with E-state index in [1.54, 1.807) is 6.07 Å². The van der Waals surface area contributed by atoms with Crippen LogP contribution in [0.5, 0.6) is 0 Å². The number of nitrogens with zero attached hydrogens (tertiary/aromatic N) is 4. The van der Waals surface area contributed by atoms with Gasteiger partial charge in [0.2, 0.25) is 11.5 Å². The van der Waals surface area contributed by atoms with E-state index >= 15 is 4.39 Å². The third-order valence-electron chi connectivity index (χ3n) is 4.30. The number of likely N-dealkylation sites (tertiary alicyclic amines) is 1. The molecule has 0 saturated carbocycles. The van der Waals surface area contributed by atoms with Crippen LogP contribution in [0.2, 0.25) is 0 Å². The van der Waals surface area contributed by atoms with Crippen molar-refractivity contribution in [3.63, 3.8) is 0 Å². The normalized spacial score (nSPS) is 20.6. The van der Waals surface area contributed by atoms with E-state index in [0.717, 1.165) is 5.56 Å². The van der Waals surface area contributed by atoms with Crippen LogP contribution in [0.4, 0.5) is 4.39 Å². The number of amides is 1. The van der Waals surface area contributed by atoms with Crippen molar-refractivity contribution in [2.75, 3.05) is 13.1 Å². The zero-order valence-corrected chi connectivity index (χ0v) is 13.4. The Kier molecular flexibility index (Phi) is 3.79. The third-order valence-corrected chi connectivity index (χ3v) is 4.30. The van der Waals surface area contributed by atoms with E-state index in [4.69, 9.17) is 4.52 Å². The average Bonchev–Trinajstić information content (AvgIpc) is 3.34. The van der Waals surface area contributed by atoms with Gasteiger partial charge in [0.1, 0.15) is 5.69 Å². The molecule has 0 spiro atoms. The summed E-state index contributed by atoms with van der Waals surface area (Å²) in [5, 5.41) is 10.3. The lowest BCUT2D eigenvalue weighted by atomic mass is 9.94. The fourth-order valence-electron chi connectivity index (χ4n) is 3.01. The van der Waals surface area contributed by atoms with E-state index in [9.17, 15) is 4.79 Å². The maximum absolute atomic E-state index is 15.5. The van der Waals surface area contributed by atoms with Gasteiger partial charge in [0, 0.05) is 18.3 Å². The molecular weight excluding hydrogens is 325 g/mol. The number of carbonyl (C=O) groups is 1. The van der Waals surface area contributed by atoms with Gasteiger partial charge in [-0.3, -0.25) is 9.89 Å². The molecule has 8 heteroatoms. The van der Waals surface area contributed by atoms with Crippen LogP contribution in [-0.4, -0.2) is 44.2 Å². The first-order valence-electron chi connectivity index (χ1n) is 8.03. The largest absolute Gasteiger partial charge is 0.335 e. The summed E-state index contributed by atoms with van der Waals surface area (Å²) in [6.45, 7) is 0.352. The highest BCUT2D eigenvalue weighted by Crippen LogP contribution is 2.35.